The molecular formula is C13H26N2. The van der Waals surface area contributed by atoms with Gasteiger partial charge in [-0.1, -0.05) is 27.7 Å². The highest BCUT2D eigenvalue weighted by Gasteiger charge is 2.67. The SMILES string of the molecule is CC1CC(N)CCN1C1C(C)(C)C1(C)C. The van der Waals surface area contributed by atoms with Crippen LogP contribution in [0.4, 0.5) is 0 Å². The standard InChI is InChI=1S/C13H26N2/c1-9-8-10(14)6-7-15(9)11-12(2,3)13(11,4)5/h9-11H,6-8,14H2,1-5H3. The van der Waals surface area contributed by atoms with Crippen LogP contribution in [-0.4, -0.2) is 29.6 Å². The van der Waals surface area contributed by atoms with Crippen molar-refractivity contribution in [3.05, 3.63) is 0 Å². The summed E-state index contributed by atoms with van der Waals surface area (Å²) in [6.07, 6.45) is 2.34. The molecule has 0 aromatic rings. The summed E-state index contributed by atoms with van der Waals surface area (Å²) < 4.78 is 0. The van der Waals surface area contributed by atoms with Crippen molar-refractivity contribution < 1.29 is 0 Å². The molecule has 88 valence electrons. The maximum atomic E-state index is 6.02. The van der Waals surface area contributed by atoms with Crippen LogP contribution in [0.1, 0.15) is 47.5 Å². The van der Waals surface area contributed by atoms with Crippen molar-refractivity contribution in [1.29, 1.82) is 0 Å². The fourth-order valence-electron chi connectivity index (χ4n) is 3.60. The van der Waals surface area contributed by atoms with Crippen LogP contribution in [0.25, 0.3) is 0 Å². The number of likely N-dealkylation sites (tertiary alicyclic amines) is 1. The molecule has 2 nitrogen and oxygen atoms in total. The van der Waals surface area contributed by atoms with Gasteiger partial charge in [0.2, 0.25) is 0 Å². The molecule has 0 aromatic carbocycles. The minimum Gasteiger partial charge on any atom is -0.328 e. The maximum absolute atomic E-state index is 6.02. The van der Waals surface area contributed by atoms with Gasteiger partial charge in [-0.25, -0.2) is 0 Å². The van der Waals surface area contributed by atoms with Gasteiger partial charge < -0.3 is 5.73 Å². The van der Waals surface area contributed by atoms with Gasteiger partial charge in [0.15, 0.2) is 0 Å². The van der Waals surface area contributed by atoms with Crippen molar-refractivity contribution in [2.24, 2.45) is 16.6 Å². The molecule has 1 heterocycles. The fourth-order valence-corrected chi connectivity index (χ4v) is 3.60. The fraction of sp³-hybridized carbons (Fsp3) is 1.00. The number of nitrogens with zero attached hydrogens (tertiary/aromatic N) is 1. The lowest BCUT2D eigenvalue weighted by Gasteiger charge is -2.38. The van der Waals surface area contributed by atoms with Crippen LogP contribution >= 0.6 is 0 Å². The van der Waals surface area contributed by atoms with Gasteiger partial charge in [-0.2, -0.15) is 0 Å². The quantitative estimate of drug-likeness (QED) is 0.719. The molecule has 15 heavy (non-hydrogen) atoms. The molecule has 0 aromatic heterocycles. The van der Waals surface area contributed by atoms with Crippen LogP contribution < -0.4 is 5.73 Å². The van der Waals surface area contributed by atoms with E-state index in [-0.39, 0.29) is 0 Å². The van der Waals surface area contributed by atoms with E-state index in [1.165, 1.54) is 19.4 Å². The molecule has 2 unspecified atom stereocenters. The van der Waals surface area contributed by atoms with E-state index in [2.05, 4.69) is 39.5 Å². The van der Waals surface area contributed by atoms with Gasteiger partial charge in [0, 0.05) is 24.7 Å². The first-order chi connectivity index (χ1) is 6.78. The van der Waals surface area contributed by atoms with Crippen LogP contribution in [0.3, 0.4) is 0 Å². The highest BCUT2D eigenvalue weighted by atomic mass is 15.3. The van der Waals surface area contributed by atoms with Crippen molar-refractivity contribution >= 4 is 0 Å². The first kappa shape index (κ1) is 11.4. The second kappa shape index (κ2) is 3.21. The molecule has 1 aliphatic heterocycles. The number of hydrogen-bond donors (Lipinski definition) is 1. The van der Waals surface area contributed by atoms with Crippen LogP contribution in [0.15, 0.2) is 0 Å². The van der Waals surface area contributed by atoms with Crippen LogP contribution in [0.2, 0.25) is 0 Å². The van der Waals surface area contributed by atoms with E-state index in [1.807, 2.05) is 0 Å². The first-order valence-corrected chi connectivity index (χ1v) is 6.30. The third kappa shape index (κ3) is 1.53. The summed E-state index contributed by atoms with van der Waals surface area (Å²) in [7, 11) is 0. The maximum Gasteiger partial charge on any atom is 0.0212 e. The van der Waals surface area contributed by atoms with Gasteiger partial charge in [0.1, 0.15) is 0 Å². The minimum absolute atomic E-state index is 0.432. The largest absolute Gasteiger partial charge is 0.328 e. The second-order valence-corrected chi connectivity index (χ2v) is 6.72. The molecule has 1 saturated heterocycles. The highest BCUT2D eigenvalue weighted by Crippen LogP contribution is 2.65. The van der Waals surface area contributed by atoms with Gasteiger partial charge in [0.25, 0.3) is 0 Å². The molecule has 2 aliphatic rings. The lowest BCUT2D eigenvalue weighted by molar-refractivity contribution is 0.116. The van der Waals surface area contributed by atoms with Crippen molar-refractivity contribution in [3.63, 3.8) is 0 Å². The normalized spacial score (nSPS) is 40.4. The third-order valence-corrected chi connectivity index (χ3v) is 5.24. The Morgan fingerprint density at radius 3 is 2.07 bits per heavy atom. The molecular weight excluding hydrogens is 184 g/mol. The lowest BCUT2D eigenvalue weighted by Crippen LogP contribution is -2.48. The molecule has 2 rings (SSSR count). The van der Waals surface area contributed by atoms with Gasteiger partial charge in [-0.05, 0) is 30.6 Å². The van der Waals surface area contributed by atoms with Gasteiger partial charge in [-0.15, -0.1) is 0 Å². The van der Waals surface area contributed by atoms with Crippen molar-refractivity contribution in [1.82, 2.24) is 4.90 Å². The van der Waals surface area contributed by atoms with E-state index >= 15 is 0 Å². The Kier molecular flexibility index (Phi) is 2.44. The van der Waals surface area contributed by atoms with Crippen LogP contribution in [-0.2, 0) is 0 Å². The number of hydrogen-bond acceptors (Lipinski definition) is 2. The summed E-state index contributed by atoms with van der Waals surface area (Å²) in [5.41, 5.74) is 6.97. The molecule has 0 bridgehead atoms. The van der Waals surface area contributed by atoms with Crippen molar-refractivity contribution in [2.75, 3.05) is 6.54 Å². The molecule has 2 fully saturated rings. The van der Waals surface area contributed by atoms with E-state index in [1.54, 1.807) is 0 Å². The molecule has 0 radical (unpaired) electrons. The molecule has 2 N–H and O–H groups in total. The molecule has 0 spiro atoms. The Balaban J connectivity index is 2.08. The monoisotopic (exact) mass is 210 g/mol. The van der Waals surface area contributed by atoms with Gasteiger partial charge >= 0.3 is 0 Å². The summed E-state index contributed by atoms with van der Waals surface area (Å²) in [5.74, 6) is 0. The van der Waals surface area contributed by atoms with E-state index in [0.717, 1.165) is 6.04 Å². The molecule has 2 heteroatoms. The summed E-state index contributed by atoms with van der Waals surface area (Å²) in [6.45, 7) is 13.1. The van der Waals surface area contributed by atoms with E-state index < -0.39 is 0 Å². The summed E-state index contributed by atoms with van der Waals surface area (Å²) in [5, 5.41) is 0. The Bertz CT molecular complexity index is 243. The molecule has 2 atom stereocenters. The number of nitrogens with two attached hydrogens (primary N) is 1. The van der Waals surface area contributed by atoms with Crippen molar-refractivity contribution in [2.45, 2.75) is 65.6 Å². The Labute approximate surface area is 94.2 Å². The smallest absolute Gasteiger partial charge is 0.0212 e. The molecule has 0 amide bonds. The van der Waals surface area contributed by atoms with E-state index in [9.17, 15) is 0 Å². The van der Waals surface area contributed by atoms with Gasteiger partial charge in [-0.3, -0.25) is 4.90 Å². The summed E-state index contributed by atoms with van der Waals surface area (Å²) >= 11 is 0. The van der Waals surface area contributed by atoms with E-state index in [4.69, 9.17) is 5.73 Å². The topological polar surface area (TPSA) is 29.3 Å². The Hall–Kier alpha value is -0.0800. The molecule has 1 aliphatic carbocycles. The Morgan fingerprint density at radius 2 is 1.67 bits per heavy atom. The van der Waals surface area contributed by atoms with Crippen molar-refractivity contribution in [3.8, 4) is 0 Å². The van der Waals surface area contributed by atoms with Gasteiger partial charge in [0.05, 0.1) is 0 Å². The average Bonchev–Trinajstić information content (AvgIpc) is 2.46. The minimum atomic E-state index is 0.432. The lowest BCUT2D eigenvalue weighted by atomic mass is 9.98. The highest BCUT2D eigenvalue weighted by molar-refractivity contribution is 5.19. The average molecular weight is 210 g/mol. The number of piperidine rings is 1. The summed E-state index contributed by atoms with van der Waals surface area (Å²) in [4.78, 5) is 2.70. The predicted octanol–water partition coefficient (Wildman–Crippen LogP) is 2.23. The Morgan fingerprint density at radius 1 is 1.13 bits per heavy atom. The van der Waals surface area contributed by atoms with E-state index in [0.29, 0.717) is 22.9 Å². The van der Waals surface area contributed by atoms with Crippen LogP contribution in [0.5, 0.6) is 0 Å². The summed E-state index contributed by atoms with van der Waals surface area (Å²) in [6, 6.07) is 1.86. The second-order valence-electron chi connectivity index (χ2n) is 6.72. The zero-order chi connectivity index (χ0) is 11.4. The third-order valence-electron chi connectivity index (χ3n) is 5.24. The zero-order valence-electron chi connectivity index (χ0n) is 10.9. The first-order valence-electron chi connectivity index (χ1n) is 6.30. The van der Waals surface area contributed by atoms with Crippen LogP contribution in [0, 0.1) is 10.8 Å². The predicted molar refractivity (Wildman–Crippen MR) is 64.7 cm³/mol. The number of rotatable bonds is 1. The molecule has 1 saturated carbocycles. The zero-order valence-corrected chi connectivity index (χ0v) is 10.9.